The molecule has 3 N–H and O–H groups in total. The molecular weight excluding hydrogens is 190 g/mol. The van der Waals surface area contributed by atoms with Crippen LogP contribution < -0.4 is 14.8 Å². The van der Waals surface area contributed by atoms with E-state index in [0.717, 1.165) is 19.4 Å². The number of hydrogen-bond acceptors (Lipinski definition) is 3. The molecule has 1 rings (SSSR count). The van der Waals surface area contributed by atoms with Crippen molar-refractivity contribution >= 4 is 10.2 Å². The van der Waals surface area contributed by atoms with E-state index in [-0.39, 0.29) is 0 Å². The molecule has 0 aromatic rings. The lowest BCUT2D eigenvalue weighted by molar-refractivity contribution is 0.344. The fourth-order valence-electron chi connectivity index (χ4n) is 1.22. The number of nitrogens with one attached hydrogen (secondary N) is 3. The summed E-state index contributed by atoms with van der Waals surface area (Å²) in [6.07, 6.45) is 3.16. The zero-order valence-electron chi connectivity index (χ0n) is 7.84. The van der Waals surface area contributed by atoms with Crippen LogP contribution in [-0.4, -0.2) is 34.6 Å². The monoisotopic (exact) mass is 207 g/mol. The van der Waals surface area contributed by atoms with Crippen LogP contribution in [0.4, 0.5) is 0 Å². The Morgan fingerprint density at radius 2 is 2.23 bits per heavy atom. The van der Waals surface area contributed by atoms with Gasteiger partial charge in [0.1, 0.15) is 0 Å². The highest BCUT2D eigenvalue weighted by atomic mass is 32.2. The van der Waals surface area contributed by atoms with Gasteiger partial charge in [-0.1, -0.05) is 0 Å². The Labute approximate surface area is 79.5 Å². The molecule has 1 atom stereocenters. The Hall–Kier alpha value is -0.170. The van der Waals surface area contributed by atoms with Crippen molar-refractivity contribution in [3.63, 3.8) is 0 Å². The summed E-state index contributed by atoms with van der Waals surface area (Å²) in [7, 11) is -1.83. The molecule has 0 aromatic carbocycles. The summed E-state index contributed by atoms with van der Waals surface area (Å²) in [6, 6.07) is 0.610. The molecule has 78 valence electrons. The van der Waals surface area contributed by atoms with Crippen LogP contribution in [-0.2, 0) is 10.2 Å². The molecule has 6 heteroatoms. The van der Waals surface area contributed by atoms with E-state index in [1.165, 1.54) is 13.5 Å². The lowest BCUT2D eigenvalue weighted by Crippen LogP contribution is -2.43. The van der Waals surface area contributed by atoms with Crippen LogP contribution in [0.3, 0.4) is 0 Å². The van der Waals surface area contributed by atoms with Gasteiger partial charge in [0.05, 0.1) is 0 Å². The van der Waals surface area contributed by atoms with Crippen LogP contribution in [0.2, 0.25) is 0 Å². The first-order chi connectivity index (χ1) is 6.14. The van der Waals surface area contributed by atoms with Gasteiger partial charge < -0.3 is 5.32 Å². The maximum atomic E-state index is 10.9. The summed E-state index contributed by atoms with van der Waals surface area (Å²) in [5.74, 6) is 0. The Bertz CT molecular complexity index is 236. The van der Waals surface area contributed by atoms with Crippen molar-refractivity contribution in [1.82, 2.24) is 14.8 Å². The minimum Gasteiger partial charge on any atom is -0.314 e. The van der Waals surface area contributed by atoms with Gasteiger partial charge >= 0.3 is 0 Å². The second kappa shape index (κ2) is 4.90. The minimum absolute atomic E-state index is 0.515. The van der Waals surface area contributed by atoms with Crippen LogP contribution in [0.5, 0.6) is 0 Å². The predicted molar refractivity (Wildman–Crippen MR) is 51.6 cm³/mol. The maximum absolute atomic E-state index is 10.9. The molecule has 0 aromatic heterocycles. The standard InChI is InChI=1S/C7H17N3O2S/c1-8-13(11,12)10-5-2-3-7-4-6-9-7/h7-10H,2-6H2,1H3. The Kier molecular flexibility index (Phi) is 4.11. The van der Waals surface area contributed by atoms with Gasteiger partial charge in [-0.15, -0.1) is 0 Å². The van der Waals surface area contributed by atoms with Gasteiger partial charge in [-0.05, 0) is 25.8 Å². The van der Waals surface area contributed by atoms with Crippen molar-refractivity contribution in [3.05, 3.63) is 0 Å². The third kappa shape index (κ3) is 4.04. The molecule has 1 aliphatic rings. The molecule has 0 amide bonds. The fourth-order valence-corrected chi connectivity index (χ4v) is 1.78. The van der Waals surface area contributed by atoms with Crippen molar-refractivity contribution in [2.24, 2.45) is 0 Å². The van der Waals surface area contributed by atoms with E-state index in [9.17, 15) is 8.42 Å². The van der Waals surface area contributed by atoms with Crippen LogP contribution in [0.15, 0.2) is 0 Å². The van der Waals surface area contributed by atoms with E-state index < -0.39 is 10.2 Å². The van der Waals surface area contributed by atoms with Crippen molar-refractivity contribution in [1.29, 1.82) is 0 Å². The van der Waals surface area contributed by atoms with Crippen LogP contribution in [0.1, 0.15) is 19.3 Å². The van der Waals surface area contributed by atoms with Crippen LogP contribution in [0.25, 0.3) is 0 Å². The largest absolute Gasteiger partial charge is 0.314 e. The third-order valence-corrected chi connectivity index (χ3v) is 3.34. The highest BCUT2D eigenvalue weighted by molar-refractivity contribution is 7.87. The van der Waals surface area contributed by atoms with Gasteiger partial charge in [0.2, 0.25) is 0 Å². The van der Waals surface area contributed by atoms with E-state index in [4.69, 9.17) is 0 Å². The highest BCUT2D eigenvalue weighted by Gasteiger charge is 2.15. The van der Waals surface area contributed by atoms with E-state index in [1.807, 2.05) is 0 Å². The Morgan fingerprint density at radius 3 is 2.69 bits per heavy atom. The van der Waals surface area contributed by atoms with Gasteiger partial charge in [0, 0.05) is 19.6 Å². The van der Waals surface area contributed by atoms with Gasteiger partial charge in [-0.3, -0.25) is 0 Å². The fraction of sp³-hybridized carbons (Fsp3) is 1.00. The SMILES string of the molecule is CNS(=O)(=O)NCCCC1CCN1. The van der Waals surface area contributed by atoms with Crippen molar-refractivity contribution in [3.8, 4) is 0 Å². The van der Waals surface area contributed by atoms with Gasteiger partial charge in [0.25, 0.3) is 10.2 Å². The van der Waals surface area contributed by atoms with Crippen LogP contribution >= 0.6 is 0 Å². The lowest BCUT2D eigenvalue weighted by atomic mass is 10.0. The molecule has 0 spiro atoms. The molecule has 0 radical (unpaired) electrons. The molecule has 1 saturated heterocycles. The van der Waals surface area contributed by atoms with Gasteiger partial charge in [0.15, 0.2) is 0 Å². The number of hydrogen-bond donors (Lipinski definition) is 3. The predicted octanol–water partition coefficient (Wildman–Crippen LogP) is -0.818. The van der Waals surface area contributed by atoms with Gasteiger partial charge in [-0.25, -0.2) is 9.44 Å². The lowest BCUT2D eigenvalue weighted by Gasteiger charge is -2.27. The second-order valence-corrected chi connectivity index (χ2v) is 4.89. The number of rotatable bonds is 6. The topological polar surface area (TPSA) is 70.2 Å². The molecule has 5 nitrogen and oxygen atoms in total. The second-order valence-electron chi connectivity index (χ2n) is 3.18. The van der Waals surface area contributed by atoms with Crippen LogP contribution in [0, 0.1) is 0 Å². The summed E-state index contributed by atoms with van der Waals surface area (Å²) >= 11 is 0. The summed E-state index contributed by atoms with van der Waals surface area (Å²) in [6.45, 7) is 1.62. The summed E-state index contributed by atoms with van der Waals surface area (Å²) in [5.41, 5.74) is 0. The molecule has 0 aliphatic carbocycles. The minimum atomic E-state index is -3.23. The van der Waals surface area contributed by atoms with Crippen molar-refractivity contribution < 1.29 is 8.42 Å². The Balaban J connectivity index is 2.00. The summed E-state index contributed by atoms with van der Waals surface area (Å²) in [4.78, 5) is 0. The Morgan fingerprint density at radius 1 is 1.54 bits per heavy atom. The molecule has 13 heavy (non-hydrogen) atoms. The van der Waals surface area contributed by atoms with E-state index in [1.54, 1.807) is 0 Å². The molecule has 1 aliphatic heterocycles. The normalized spacial score (nSPS) is 22.7. The zero-order chi connectivity index (χ0) is 9.73. The molecule has 0 saturated carbocycles. The van der Waals surface area contributed by atoms with Gasteiger partial charge in [-0.2, -0.15) is 8.42 Å². The molecule has 0 bridgehead atoms. The summed E-state index contributed by atoms with van der Waals surface area (Å²) < 4.78 is 26.4. The first kappa shape index (κ1) is 10.9. The van der Waals surface area contributed by atoms with Crippen molar-refractivity contribution in [2.45, 2.75) is 25.3 Å². The average molecular weight is 207 g/mol. The molecule has 1 heterocycles. The third-order valence-electron chi connectivity index (χ3n) is 2.22. The highest BCUT2D eigenvalue weighted by Crippen LogP contribution is 2.07. The van der Waals surface area contributed by atoms with Crippen molar-refractivity contribution in [2.75, 3.05) is 20.1 Å². The van der Waals surface area contributed by atoms with E-state index >= 15 is 0 Å². The quantitative estimate of drug-likeness (QED) is 0.499. The smallest absolute Gasteiger partial charge is 0.276 e. The summed E-state index contributed by atoms with van der Waals surface area (Å²) in [5, 5.41) is 3.26. The average Bonchev–Trinajstić information content (AvgIpc) is 2.01. The molecular formula is C7H17N3O2S. The molecule has 1 unspecified atom stereocenters. The van der Waals surface area contributed by atoms with E-state index in [0.29, 0.717) is 12.6 Å². The zero-order valence-corrected chi connectivity index (χ0v) is 8.65. The first-order valence-corrected chi connectivity index (χ1v) is 6.04. The molecule has 1 fully saturated rings. The first-order valence-electron chi connectivity index (χ1n) is 4.55. The maximum Gasteiger partial charge on any atom is 0.276 e. The van der Waals surface area contributed by atoms with E-state index in [2.05, 4.69) is 14.8 Å².